The van der Waals surface area contributed by atoms with Crippen molar-refractivity contribution in [1.82, 2.24) is 4.90 Å². The Morgan fingerprint density at radius 1 is 1.00 bits per heavy atom. The quantitative estimate of drug-likeness (QED) is 0.600. The Labute approximate surface area is 182 Å². The van der Waals surface area contributed by atoms with Gasteiger partial charge in [-0.1, -0.05) is 18.2 Å². The van der Waals surface area contributed by atoms with Crippen LogP contribution < -0.4 is 15.3 Å². The summed E-state index contributed by atoms with van der Waals surface area (Å²) in [7, 11) is 0. The van der Waals surface area contributed by atoms with E-state index in [1.54, 1.807) is 13.8 Å². The van der Waals surface area contributed by atoms with Gasteiger partial charge in [0.1, 0.15) is 11.3 Å². The topological polar surface area (TPSA) is 63.0 Å². The molecule has 6 nitrogen and oxygen atoms in total. The van der Waals surface area contributed by atoms with E-state index in [0.29, 0.717) is 30.0 Å². The molecule has 162 valence electrons. The first-order valence-electron chi connectivity index (χ1n) is 10.6. The Bertz CT molecular complexity index is 1160. The largest absolute Gasteiger partial charge is 0.480 e. The molecule has 1 atom stereocenters. The molecule has 3 aromatic rings. The molecule has 0 unspecified atom stereocenters. The molecule has 1 saturated heterocycles. The first-order chi connectivity index (χ1) is 14.8. The van der Waals surface area contributed by atoms with E-state index in [-0.39, 0.29) is 11.5 Å². The third kappa shape index (κ3) is 4.15. The second-order valence-electron chi connectivity index (χ2n) is 8.18. The first-order valence-corrected chi connectivity index (χ1v) is 10.6. The zero-order chi connectivity index (χ0) is 22.1. The predicted molar refractivity (Wildman–Crippen MR) is 122 cm³/mol. The van der Waals surface area contributed by atoms with Crippen molar-refractivity contribution in [3.63, 3.8) is 0 Å². The molecule has 31 heavy (non-hydrogen) atoms. The standard InChI is InChI=1S/C25H28N2O4/c1-16-14-21(23-17(2)18(3)25(29)31-22(23)15-16)30-19(4)24(28)27-12-10-26(11-13-27)20-8-6-5-7-9-20/h5-9,14-15,19H,10-13H2,1-4H3/t19-/m0/s1. The van der Waals surface area contributed by atoms with Crippen LogP contribution in [0.2, 0.25) is 0 Å². The minimum Gasteiger partial charge on any atom is -0.480 e. The van der Waals surface area contributed by atoms with E-state index in [4.69, 9.17) is 9.15 Å². The number of hydrogen-bond donors (Lipinski definition) is 0. The highest BCUT2D eigenvalue weighted by Crippen LogP contribution is 2.31. The number of rotatable bonds is 4. The van der Waals surface area contributed by atoms with E-state index in [0.717, 1.165) is 29.6 Å². The van der Waals surface area contributed by atoms with Crippen molar-refractivity contribution in [3.05, 3.63) is 69.6 Å². The number of aryl methyl sites for hydroxylation is 2. The fraction of sp³-hybridized carbons (Fsp3) is 0.360. The molecular weight excluding hydrogens is 392 g/mol. The van der Waals surface area contributed by atoms with E-state index in [9.17, 15) is 9.59 Å². The normalized spacial score (nSPS) is 15.2. The van der Waals surface area contributed by atoms with Crippen LogP contribution in [-0.2, 0) is 4.79 Å². The van der Waals surface area contributed by atoms with Crippen LogP contribution >= 0.6 is 0 Å². The average molecular weight is 421 g/mol. The molecule has 4 rings (SSSR count). The molecule has 1 fully saturated rings. The number of piperazine rings is 1. The van der Waals surface area contributed by atoms with E-state index < -0.39 is 6.10 Å². The maximum absolute atomic E-state index is 13.1. The van der Waals surface area contributed by atoms with Crippen LogP contribution in [0.15, 0.2) is 51.7 Å². The summed E-state index contributed by atoms with van der Waals surface area (Å²) in [5, 5.41) is 0.747. The van der Waals surface area contributed by atoms with Crippen LogP contribution in [-0.4, -0.2) is 43.1 Å². The monoisotopic (exact) mass is 420 g/mol. The second kappa shape index (κ2) is 8.46. The molecule has 0 bridgehead atoms. The zero-order valence-electron chi connectivity index (χ0n) is 18.5. The molecule has 6 heteroatoms. The number of ether oxygens (including phenoxy) is 1. The summed E-state index contributed by atoms with van der Waals surface area (Å²) in [4.78, 5) is 29.3. The van der Waals surface area contributed by atoms with Gasteiger partial charge in [0.25, 0.3) is 5.91 Å². The summed E-state index contributed by atoms with van der Waals surface area (Å²) in [6.45, 7) is 10.2. The highest BCUT2D eigenvalue weighted by molar-refractivity contribution is 5.89. The molecule has 1 aliphatic heterocycles. The van der Waals surface area contributed by atoms with Gasteiger partial charge in [0, 0.05) is 37.4 Å². The van der Waals surface area contributed by atoms with Crippen molar-refractivity contribution in [2.75, 3.05) is 31.1 Å². The average Bonchev–Trinajstić information content (AvgIpc) is 2.77. The Kier molecular flexibility index (Phi) is 5.72. The maximum Gasteiger partial charge on any atom is 0.339 e. The highest BCUT2D eigenvalue weighted by Gasteiger charge is 2.27. The number of benzene rings is 2. The maximum atomic E-state index is 13.1. The van der Waals surface area contributed by atoms with Gasteiger partial charge in [-0.3, -0.25) is 4.79 Å². The van der Waals surface area contributed by atoms with Crippen molar-refractivity contribution < 1.29 is 13.9 Å². The summed E-state index contributed by atoms with van der Waals surface area (Å²) in [5.74, 6) is 0.539. The smallest absolute Gasteiger partial charge is 0.339 e. The lowest BCUT2D eigenvalue weighted by atomic mass is 10.0. The zero-order valence-corrected chi connectivity index (χ0v) is 18.5. The van der Waals surface area contributed by atoms with E-state index >= 15 is 0 Å². The molecule has 0 spiro atoms. The van der Waals surface area contributed by atoms with E-state index in [1.807, 2.05) is 49.1 Å². The van der Waals surface area contributed by atoms with Crippen molar-refractivity contribution >= 4 is 22.6 Å². The van der Waals surface area contributed by atoms with Crippen LogP contribution in [0, 0.1) is 20.8 Å². The molecule has 0 saturated carbocycles. The van der Waals surface area contributed by atoms with Gasteiger partial charge in [0.15, 0.2) is 6.10 Å². The van der Waals surface area contributed by atoms with E-state index in [2.05, 4.69) is 17.0 Å². The molecule has 0 N–H and O–H groups in total. The molecular formula is C25H28N2O4. The van der Waals surface area contributed by atoms with Crippen LogP contribution in [0.1, 0.15) is 23.6 Å². The molecule has 2 heterocycles. The number of anilines is 1. The molecule has 0 radical (unpaired) electrons. The Balaban J connectivity index is 1.50. The molecule has 1 aliphatic rings. The summed E-state index contributed by atoms with van der Waals surface area (Å²) in [6.07, 6.45) is -0.639. The van der Waals surface area contributed by atoms with Crippen LogP contribution in [0.25, 0.3) is 11.0 Å². The van der Waals surface area contributed by atoms with Gasteiger partial charge in [-0.25, -0.2) is 4.79 Å². The van der Waals surface area contributed by atoms with Gasteiger partial charge in [0.05, 0.1) is 5.39 Å². The fourth-order valence-corrected chi connectivity index (χ4v) is 4.10. The predicted octanol–water partition coefficient (Wildman–Crippen LogP) is 3.83. The van der Waals surface area contributed by atoms with Gasteiger partial charge in [-0.2, -0.15) is 0 Å². The SMILES string of the molecule is Cc1cc(O[C@@H](C)C(=O)N2CCN(c3ccccc3)CC2)c2c(C)c(C)c(=O)oc2c1. The molecule has 1 aromatic heterocycles. The lowest BCUT2D eigenvalue weighted by Gasteiger charge is -2.37. The number of para-hydroxylation sites is 1. The van der Waals surface area contributed by atoms with Gasteiger partial charge >= 0.3 is 5.63 Å². The minimum absolute atomic E-state index is 0.0332. The summed E-state index contributed by atoms with van der Waals surface area (Å²) >= 11 is 0. The van der Waals surface area contributed by atoms with Crippen LogP contribution in [0.5, 0.6) is 5.75 Å². The first kappa shape index (κ1) is 21.0. The Morgan fingerprint density at radius 3 is 2.35 bits per heavy atom. The number of hydrogen-bond acceptors (Lipinski definition) is 5. The van der Waals surface area contributed by atoms with Crippen molar-refractivity contribution in [1.29, 1.82) is 0 Å². The lowest BCUT2D eigenvalue weighted by molar-refractivity contribution is -0.138. The van der Waals surface area contributed by atoms with Crippen LogP contribution in [0.3, 0.4) is 0 Å². The van der Waals surface area contributed by atoms with Crippen molar-refractivity contribution in [2.45, 2.75) is 33.8 Å². The third-order valence-corrected chi connectivity index (χ3v) is 6.02. The highest BCUT2D eigenvalue weighted by atomic mass is 16.5. The summed E-state index contributed by atoms with van der Waals surface area (Å²) in [6, 6.07) is 14.0. The lowest BCUT2D eigenvalue weighted by Crippen LogP contribution is -2.52. The number of carbonyl (C=O) groups excluding carboxylic acids is 1. The van der Waals surface area contributed by atoms with Gasteiger partial charge in [-0.15, -0.1) is 0 Å². The summed E-state index contributed by atoms with van der Waals surface area (Å²) < 4.78 is 11.6. The number of fused-ring (bicyclic) bond motifs is 1. The second-order valence-corrected chi connectivity index (χ2v) is 8.18. The Morgan fingerprint density at radius 2 is 1.68 bits per heavy atom. The third-order valence-electron chi connectivity index (χ3n) is 6.02. The molecule has 2 aromatic carbocycles. The van der Waals surface area contributed by atoms with Crippen LogP contribution in [0.4, 0.5) is 5.69 Å². The molecule has 0 aliphatic carbocycles. The number of nitrogens with zero attached hydrogens (tertiary/aromatic N) is 2. The van der Waals surface area contributed by atoms with E-state index in [1.165, 1.54) is 5.69 Å². The van der Waals surface area contributed by atoms with Crippen molar-refractivity contribution in [3.8, 4) is 5.75 Å². The fourth-order valence-electron chi connectivity index (χ4n) is 4.10. The Hall–Kier alpha value is -3.28. The van der Waals surface area contributed by atoms with Gasteiger partial charge in [0.2, 0.25) is 0 Å². The van der Waals surface area contributed by atoms with Crippen molar-refractivity contribution in [2.24, 2.45) is 0 Å². The molecule has 1 amide bonds. The number of carbonyl (C=O) groups is 1. The number of amides is 1. The van der Waals surface area contributed by atoms with Gasteiger partial charge < -0.3 is 19.0 Å². The minimum atomic E-state index is -0.639. The van der Waals surface area contributed by atoms with Gasteiger partial charge in [-0.05, 0) is 63.1 Å². The summed E-state index contributed by atoms with van der Waals surface area (Å²) in [5.41, 5.74) is 3.60.